The summed E-state index contributed by atoms with van der Waals surface area (Å²) in [5.74, 6) is -1.14. The average Bonchev–Trinajstić information content (AvgIpc) is 3.24. The first-order chi connectivity index (χ1) is 13.9. The molecule has 3 aromatic rings. The minimum atomic E-state index is -0.574. The van der Waals surface area contributed by atoms with Crippen LogP contribution in [0.15, 0.2) is 77.0 Å². The molecule has 2 amide bonds. The Kier molecular flexibility index (Phi) is 6.26. The molecule has 146 valence electrons. The van der Waals surface area contributed by atoms with Crippen molar-refractivity contribution in [2.45, 2.75) is 6.92 Å². The van der Waals surface area contributed by atoms with Crippen LogP contribution in [0.1, 0.15) is 33.4 Å². The predicted octanol–water partition coefficient (Wildman–Crippen LogP) is 4.55. The van der Waals surface area contributed by atoms with E-state index in [4.69, 9.17) is 16.0 Å². The maximum absolute atomic E-state index is 12.8. The third kappa shape index (κ3) is 5.21. The van der Waals surface area contributed by atoms with Gasteiger partial charge in [0.25, 0.3) is 11.8 Å². The predicted molar refractivity (Wildman–Crippen MR) is 111 cm³/mol. The number of benzene rings is 2. The van der Waals surface area contributed by atoms with E-state index in [2.05, 4.69) is 10.6 Å². The van der Waals surface area contributed by atoms with Gasteiger partial charge in [-0.2, -0.15) is 0 Å². The molecule has 0 aliphatic rings. The fourth-order valence-electron chi connectivity index (χ4n) is 2.48. The average molecular weight is 409 g/mol. The molecule has 1 heterocycles. The Morgan fingerprint density at radius 3 is 2.31 bits per heavy atom. The molecule has 6 nitrogen and oxygen atoms in total. The third-order valence-electron chi connectivity index (χ3n) is 3.99. The summed E-state index contributed by atoms with van der Waals surface area (Å²) >= 11 is 6.18. The zero-order valence-electron chi connectivity index (χ0n) is 15.4. The molecule has 29 heavy (non-hydrogen) atoms. The summed E-state index contributed by atoms with van der Waals surface area (Å²) in [5, 5.41) is 5.67. The Morgan fingerprint density at radius 1 is 0.966 bits per heavy atom. The van der Waals surface area contributed by atoms with Crippen molar-refractivity contribution in [2.75, 3.05) is 5.32 Å². The highest BCUT2D eigenvalue weighted by atomic mass is 35.5. The van der Waals surface area contributed by atoms with E-state index in [-0.39, 0.29) is 17.2 Å². The number of Topliss-reactive ketones (excluding diaryl/α,β-unsaturated/α-hetero) is 1. The summed E-state index contributed by atoms with van der Waals surface area (Å²) in [6, 6.07) is 16.4. The molecule has 2 N–H and O–H groups in total. The van der Waals surface area contributed by atoms with Crippen LogP contribution in [0.25, 0.3) is 6.08 Å². The first-order valence-electron chi connectivity index (χ1n) is 8.67. The number of halogens is 1. The van der Waals surface area contributed by atoms with Gasteiger partial charge in [0, 0.05) is 16.3 Å². The zero-order chi connectivity index (χ0) is 20.8. The van der Waals surface area contributed by atoms with Gasteiger partial charge in [0.05, 0.1) is 6.26 Å². The van der Waals surface area contributed by atoms with Crippen LogP contribution >= 0.6 is 11.6 Å². The van der Waals surface area contributed by atoms with Crippen LogP contribution < -0.4 is 10.6 Å². The van der Waals surface area contributed by atoms with Crippen molar-refractivity contribution in [1.29, 1.82) is 0 Å². The lowest BCUT2D eigenvalue weighted by Gasteiger charge is -2.11. The van der Waals surface area contributed by atoms with Crippen LogP contribution in [0.5, 0.6) is 0 Å². The molecule has 0 spiro atoms. The third-order valence-corrected chi connectivity index (χ3v) is 4.34. The van der Waals surface area contributed by atoms with Gasteiger partial charge in [-0.05, 0) is 61.0 Å². The highest BCUT2D eigenvalue weighted by molar-refractivity contribution is 6.32. The van der Waals surface area contributed by atoms with Crippen molar-refractivity contribution in [3.05, 3.63) is 94.5 Å². The van der Waals surface area contributed by atoms with E-state index in [1.165, 1.54) is 25.3 Å². The molecule has 0 fully saturated rings. The van der Waals surface area contributed by atoms with Crippen molar-refractivity contribution >= 4 is 41.0 Å². The Morgan fingerprint density at radius 2 is 1.69 bits per heavy atom. The number of furan rings is 1. The number of nitrogens with one attached hydrogen (secondary N) is 2. The van der Waals surface area contributed by atoms with Gasteiger partial charge in [0.15, 0.2) is 11.5 Å². The lowest BCUT2D eigenvalue weighted by molar-refractivity contribution is -0.113. The molecular weight excluding hydrogens is 392 g/mol. The van der Waals surface area contributed by atoms with Crippen LogP contribution in [-0.4, -0.2) is 17.6 Å². The van der Waals surface area contributed by atoms with E-state index in [1.807, 2.05) is 0 Å². The molecule has 0 saturated heterocycles. The molecule has 0 aliphatic heterocycles. The molecule has 2 aromatic carbocycles. The van der Waals surface area contributed by atoms with Gasteiger partial charge < -0.3 is 15.1 Å². The highest BCUT2D eigenvalue weighted by Crippen LogP contribution is 2.19. The molecule has 0 atom stereocenters. The van der Waals surface area contributed by atoms with E-state index >= 15 is 0 Å². The van der Waals surface area contributed by atoms with E-state index in [0.717, 1.165) is 0 Å². The minimum Gasteiger partial charge on any atom is -0.459 e. The Hall–Kier alpha value is -3.64. The van der Waals surface area contributed by atoms with Gasteiger partial charge in [-0.25, -0.2) is 0 Å². The van der Waals surface area contributed by atoms with E-state index in [9.17, 15) is 14.4 Å². The van der Waals surface area contributed by atoms with Crippen LogP contribution in [0, 0.1) is 0 Å². The Balaban J connectivity index is 1.87. The smallest absolute Gasteiger partial charge is 0.291 e. The van der Waals surface area contributed by atoms with Gasteiger partial charge in [0.1, 0.15) is 5.70 Å². The number of ketones is 1. The van der Waals surface area contributed by atoms with Gasteiger partial charge >= 0.3 is 0 Å². The lowest BCUT2D eigenvalue weighted by Crippen LogP contribution is -2.30. The second kappa shape index (κ2) is 9.03. The number of hydrogen-bond donors (Lipinski definition) is 2. The number of rotatable bonds is 6. The topological polar surface area (TPSA) is 88.4 Å². The number of carbonyl (C=O) groups excluding carboxylic acids is 3. The normalized spacial score (nSPS) is 11.0. The monoisotopic (exact) mass is 408 g/mol. The number of amides is 2. The van der Waals surface area contributed by atoms with Crippen LogP contribution in [0.4, 0.5) is 5.69 Å². The van der Waals surface area contributed by atoms with Crippen LogP contribution in [-0.2, 0) is 4.79 Å². The summed E-state index contributed by atoms with van der Waals surface area (Å²) in [6.07, 6.45) is 2.84. The first-order valence-corrected chi connectivity index (χ1v) is 9.05. The molecule has 0 saturated carbocycles. The lowest BCUT2D eigenvalue weighted by atomic mass is 10.1. The molecule has 0 radical (unpaired) electrons. The van der Waals surface area contributed by atoms with Gasteiger partial charge in [0.2, 0.25) is 0 Å². The molecule has 0 aliphatic carbocycles. The van der Waals surface area contributed by atoms with Crippen molar-refractivity contribution in [1.82, 2.24) is 5.32 Å². The van der Waals surface area contributed by atoms with Crippen molar-refractivity contribution in [3.8, 4) is 0 Å². The maximum atomic E-state index is 12.8. The quantitative estimate of drug-likeness (QED) is 0.462. The Labute approximate surface area is 172 Å². The summed E-state index contributed by atoms with van der Waals surface area (Å²) in [7, 11) is 0. The van der Waals surface area contributed by atoms with Gasteiger partial charge in [-0.3, -0.25) is 14.4 Å². The highest BCUT2D eigenvalue weighted by Gasteiger charge is 2.17. The first kappa shape index (κ1) is 20.1. The zero-order valence-corrected chi connectivity index (χ0v) is 16.2. The van der Waals surface area contributed by atoms with E-state index in [1.54, 1.807) is 54.6 Å². The largest absolute Gasteiger partial charge is 0.459 e. The van der Waals surface area contributed by atoms with Crippen LogP contribution in [0.3, 0.4) is 0 Å². The summed E-state index contributed by atoms with van der Waals surface area (Å²) < 4.78 is 5.07. The fourth-order valence-corrected chi connectivity index (χ4v) is 2.67. The van der Waals surface area contributed by atoms with Crippen LogP contribution in [0.2, 0.25) is 5.02 Å². The second-order valence-electron chi connectivity index (χ2n) is 6.10. The fraction of sp³-hybridized carbons (Fsp3) is 0.0455. The van der Waals surface area contributed by atoms with E-state index < -0.39 is 11.8 Å². The van der Waals surface area contributed by atoms with Crippen molar-refractivity contribution in [2.24, 2.45) is 0 Å². The van der Waals surface area contributed by atoms with Gasteiger partial charge in [-0.15, -0.1) is 0 Å². The summed E-state index contributed by atoms with van der Waals surface area (Å²) in [6.45, 7) is 1.46. The molecule has 7 heteroatoms. The van der Waals surface area contributed by atoms with Gasteiger partial charge in [-0.1, -0.05) is 29.8 Å². The number of hydrogen-bond acceptors (Lipinski definition) is 4. The van der Waals surface area contributed by atoms with Crippen molar-refractivity contribution < 1.29 is 18.8 Å². The SMILES string of the molecule is CC(=O)c1ccc(NC(=O)/C(=C/c2ccccc2Cl)NC(=O)c2ccco2)cc1. The minimum absolute atomic E-state index is 0.0184. The standard InChI is InChI=1S/C22H17ClN2O4/c1-14(26)15-8-10-17(11-9-15)24-21(27)19(13-16-5-2-3-6-18(16)23)25-22(28)20-7-4-12-29-20/h2-13H,1H3,(H,24,27)(H,25,28)/b19-13-. The van der Waals surface area contributed by atoms with Crippen molar-refractivity contribution in [3.63, 3.8) is 0 Å². The molecule has 1 aromatic heterocycles. The molecular formula is C22H17ClN2O4. The summed E-state index contributed by atoms with van der Waals surface area (Å²) in [5.41, 5.74) is 1.54. The number of carbonyl (C=O) groups is 3. The molecule has 0 bridgehead atoms. The maximum Gasteiger partial charge on any atom is 0.291 e. The number of anilines is 1. The summed E-state index contributed by atoms with van der Waals surface area (Å²) in [4.78, 5) is 36.6. The Bertz CT molecular complexity index is 1070. The molecule has 0 unspecified atom stereocenters. The molecule has 3 rings (SSSR count). The van der Waals surface area contributed by atoms with E-state index in [0.29, 0.717) is 21.8 Å². The second-order valence-corrected chi connectivity index (χ2v) is 6.51.